The maximum atomic E-state index is 12.7. The molecule has 1 fully saturated rings. The van der Waals surface area contributed by atoms with Gasteiger partial charge in [0, 0.05) is 5.69 Å². The van der Waals surface area contributed by atoms with Crippen molar-refractivity contribution in [2.24, 2.45) is 0 Å². The third-order valence-corrected chi connectivity index (χ3v) is 6.23. The molecule has 3 rings (SSSR count). The number of carbonyl (C=O) groups is 1. The van der Waals surface area contributed by atoms with Crippen LogP contribution in [0.3, 0.4) is 0 Å². The lowest BCUT2D eigenvalue weighted by molar-refractivity contribution is -1.02. The molecule has 0 saturated carbocycles. The zero-order valence-corrected chi connectivity index (χ0v) is 19.2. The lowest BCUT2D eigenvalue weighted by atomic mass is 10.0. The van der Waals surface area contributed by atoms with Crippen molar-refractivity contribution >= 4 is 11.6 Å². The predicted octanol–water partition coefficient (Wildman–Crippen LogP) is 1.01. The first-order valence-corrected chi connectivity index (χ1v) is 11.3. The molecular formula is C25H37N3O3+2. The van der Waals surface area contributed by atoms with Crippen molar-refractivity contribution in [1.82, 2.24) is 0 Å². The summed E-state index contributed by atoms with van der Waals surface area (Å²) in [7, 11) is 1.66. The molecule has 0 aliphatic carbocycles. The van der Waals surface area contributed by atoms with E-state index in [4.69, 9.17) is 9.47 Å². The summed E-state index contributed by atoms with van der Waals surface area (Å²) in [6.45, 7) is 12.2. The van der Waals surface area contributed by atoms with Gasteiger partial charge < -0.3 is 24.6 Å². The Kier molecular flexibility index (Phi) is 8.32. The number of amides is 1. The first-order chi connectivity index (χ1) is 15.0. The van der Waals surface area contributed by atoms with Crippen LogP contribution in [0.5, 0.6) is 11.5 Å². The van der Waals surface area contributed by atoms with Crippen LogP contribution in [0.2, 0.25) is 0 Å². The highest BCUT2D eigenvalue weighted by molar-refractivity contribution is 5.93. The minimum Gasteiger partial charge on any atom is -0.497 e. The van der Waals surface area contributed by atoms with Gasteiger partial charge in [0.15, 0.2) is 6.04 Å². The molecule has 2 aromatic carbocycles. The molecule has 6 heteroatoms. The molecule has 6 nitrogen and oxygen atoms in total. The van der Waals surface area contributed by atoms with Gasteiger partial charge in [-0.05, 0) is 54.8 Å². The number of nitrogens with one attached hydrogen (secondary N) is 3. The molecular weight excluding hydrogens is 390 g/mol. The van der Waals surface area contributed by atoms with E-state index in [-0.39, 0.29) is 11.9 Å². The van der Waals surface area contributed by atoms with Crippen LogP contribution < -0.4 is 24.6 Å². The fourth-order valence-corrected chi connectivity index (χ4v) is 3.98. The molecule has 0 bridgehead atoms. The van der Waals surface area contributed by atoms with E-state index in [2.05, 4.69) is 31.3 Å². The van der Waals surface area contributed by atoms with E-state index in [1.807, 2.05) is 43.3 Å². The van der Waals surface area contributed by atoms with E-state index in [9.17, 15) is 4.79 Å². The van der Waals surface area contributed by atoms with Gasteiger partial charge in [0.2, 0.25) is 0 Å². The molecule has 0 unspecified atom stereocenters. The number of hydrogen-bond acceptors (Lipinski definition) is 3. The first-order valence-electron chi connectivity index (χ1n) is 11.3. The summed E-state index contributed by atoms with van der Waals surface area (Å²) in [6.07, 6.45) is 0. The van der Waals surface area contributed by atoms with Crippen LogP contribution in [-0.4, -0.2) is 58.4 Å². The third-order valence-electron chi connectivity index (χ3n) is 6.23. The summed E-state index contributed by atoms with van der Waals surface area (Å²) in [6, 6.07) is 15.8. The van der Waals surface area contributed by atoms with Crippen LogP contribution in [0.1, 0.15) is 32.3 Å². The Morgan fingerprint density at radius 1 is 0.935 bits per heavy atom. The quantitative estimate of drug-likeness (QED) is 0.560. The molecule has 1 heterocycles. The Hall–Kier alpha value is -2.57. The van der Waals surface area contributed by atoms with Crippen molar-refractivity contribution < 1.29 is 24.1 Å². The molecule has 1 atom stereocenters. The predicted molar refractivity (Wildman–Crippen MR) is 123 cm³/mol. The summed E-state index contributed by atoms with van der Waals surface area (Å²) in [5, 5.41) is 3.08. The number of piperazine rings is 1. The molecule has 0 aromatic heterocycles. The minimum absolute atomic E-state index is 0.0538. The van der Waals surface area contributed by atoms with E-state index >= 15 is 0 Å². The number of methoxy groups -OCH3 is 1. The van der Waals surface area contributed by atoms with Crippen LogP contribution >= 0.6 is 0 Å². The highest BCUT2D eigenvalue weighted by Crippen LogP contribution is 2.17. The topological polar surface area (TPSA) is 56.4 Å². The van der Waals surface area contributed by atoms with Crippen molar-refractivity contribution in [3.8, 4) is 11.5 Å². The highest BCUT2D eigenvalue weighted by atomic mass is 16.5. The van der Waals surface area contributed by atoms with Gasteiger partial charge in [-0.2, -0.15) is 0 Å². The van der Waals surface area contributed by atoms with Gasteiger partial charge in [-0.1, -0.05) is 26.0 Å². The maximum absolute atomic E-state index is 12.7. The zero-order chi connectivity index (χ0) is 22.2. The maximum Gasteiger partial charge on any atom is 0.282 e. The Labute approximate surface area is 186 Å². The average molecular weight is 428 g/mol. The molecule has 2 aromatic rings. The Balaban J connectivity index is 1.38. The average Bonchev–Trinajstić information content (AvgIpc) is 2.80. The van der Waals surface area contributed by atoms with E-state index < -0.39 is 0 Å². The summed E-state index contributed by atoms with van der Waals surface area (Å²) in [5.41, 5.74) is 2.16. The van der Waals surface area contributed by atoms with Gasteiger partial charge >= 0.3 is 0 Å². The number of rotatable bonds is 9. The van der Waals surface area contributed by atoms with Crippen molar-refractivity contribution in [3.05, 3.63) is 54.1 Å². The number of benzene rings is 2. The number of hydrogen-bond donors (Lipinski definition) is 3. The summed E-state index contributed by atoms with van der Waals surface area (Å²) < 4.78 is 11.0. The molecule has 168 valence electrons. The number of quaternary nitrogens is 2. The normalized spacial score (nSPS) is 19.6. The Bertz CT molecular complexity index is 813. The molecule has 1 amide bonds. The fourth-order valence-electron chi connectivity index (χ4n) is 3.98. The first kappa shape index (κ1) is 23.1. The molecule has 1 saturated heterocycles. The van der Waals surface area contributed by atoms with Crippen molar-refractivity contribution in [3.63, 3.8) is 0 Å². The zero-order valence-electron chi connectivity index (χ0n) is 19.2. The summed E-state index contributed by atoms with van der Waals surface area (Å²) in [5.74, 6) is 2.30. The number of anilines is 1. The molecule has 1 aliphatic heterocycles. The Morgan fingerprint density at radius 3 is 2.13 bits per heavy atom. The standard InChI is InChI=1S/C25H35N3O3/c1-19(2)21-5-7-22(8-6-21)26-25(29)20(3)28-15-13-27(14-16-28)17-18-31-24-11-9-23(30-4)10-12-24/h5-12,19-20H,13-18H2,1-4H3,(H,26,29)/p+2/t20-/m0/s1. The molecule has 0 radical (unpaired) electrons. The SMILES string of the molecule is COc1ccc(OCC[NH+]2CC[NH+]([C@@H](C)C(=O)Nc3ccc(C(C)C)cc3)CC2)cc1. The van der Waals surface area contributed by atoms with Gasteiger partial charge in [-0.3, -0.25) is 4.79 Å². The lowest BCUT2D eigenvalue weighted by Crippen LogP contribution is -3.30. The number of carbonyl (C=O) groups excluding carboxylic acids is 1. The second-order valence-corrected chi connectivity index (χ2v) is 8.67. The molecule has 31 heavy (non-hydrogen) atoms. The molecule has 3 N–H and O–H groups in total. The summed E-state index contributed by atoms with van der Waals surface area (Å²) >= 11 is 0. The van der Waals surface area contributed by atoms with Crippen molar-refractivity contribution in [1.29, 1.82) is 0 Å². The van der Waals surface area contributed by atoms with Gasteiger partial charge in [0.1, 0.15) is 50.8 Å². The molecule has 0 spiro atoms. The summed E-state index contributed by atoms with van der Waals surface area (Å²) in [4.78, 5) is 15.6. The van der Waals surface area contributed by atoms with E-state index in [0.29, 0.717) is 12.5 Å². The van der Waals surface area contributed by atoms with Gasteiger partial charge in [-0.25, -0.2) is 0 Å². The van der Waals surface area contributed by atoms with Crippen LogP contribution in [0, 0.1) is 0 Å². The van der Waals surface area contributed by atoms with E-state index in [1.165, 1.54) is 15.4 Å². The highest BCUT2D eigenvalue weighted by Gasteiger charge is 2.31. The van der Waals surface area contributed by atoms with Gasteiger partial charge in [-0.15, -0.1) is 0 Å². The Morgan fingerprint density at radius 2 is 1.55 bits per heavy atom. The van der Waals surface area contributed by atoms with Gasteiger partial charge in [0.05, 0.1) is 7.11 Å². The van der Waals surface area contributed by atoms with Crippen molar-refractivity contribution in [2.45, 2.75) is 32.7 Å². The molecule has 1 aliphatic rings. The second kappa shape index (κ2) is 11.2. The van der Waals surface area contributed by atoms with E-state index in [1.54, 1.807) is 7.11 Å². The minimum atomic E-state index is -0.0538. The second-order valence-electron chi connectivity index (χ2n) is 8.67. The van der Waals surface area contributed by atoms with Crippen LogP contribution in [-0.2, 0) is 4.79 Å². The van der Waals surface area contributed by atoms with Crippen molar-refractivity contribution in [2.75, 3.05) is 51.8 Å². The van der Waals surface area contributed by atoms with Crippen LogP contribution in [0.4, 0.5) is 5.69 Å². The largest absolute Gasteiger partial charge is 0.497 e. The van der Waals surface area contributed by atoms with Crippen LogP contribution in [0.25, 0.3) is 0 Å². The monoisotopic (exact) mass is 427 g/mol. The lowest BCUT2D eigenvalue weighted by Gasteiger charge is -2.32. The third kappa shape index (κ3) is 6.71. The smallest absolute Gasteiger partial charge is 0.282 e. The number of ether oxygens (including phenoxy) is 2. The van der Waals surface area contributed by atoms with Gasteiger partial charge in [0.25, 0.3) is 5.91 Å². The van der Waals surface area contributed by atoms with Crippen LogP contribution in [0.15, 0.2) is 48.5 Å². The van der Waals surface area contributed by atoms with E-state index in [0.717, 1.165) is 49.9 Å². The fraction of sp³-hybridized carbons (Fsp3) is 0.480.